The molecule has 0 saturated heterocycles. The fourth-order valence-corrected chi connectivity index (χ4v) is 5.55. The number of sulfonamides is 1. The quantitative estimate of drug-likeness (QED) is 0.104. The standard InChI is InChI=1S/C30H40N6O5SSi/c1-7-41-29(37)22-12-14-24(15-13-22)32-30-33-27(31-20-23-10-8-9-11-26(23)35(2)42(3,38)39)25-16-17-36(28(25)34-30)21-40-18-19-43(4,5)6/h8-17H,7,18-21H2,1-6H3,(H2,31,32,33,34). The van der Waals surface area contributed by atoms with E-state index in [0.29, 0.717) is 60.8 Å². The lowest BCUT2D eigenvalue weighted by Crippen LogP contribution is -2.26. The van der Waals surface area contributed by atoms with Gasteiger partial charge in [0.1, 0.15) is 18.2 Å². The smallest absolute Gasteiger partial charge is 0.338 e. The first-order valence-electron chi connectivity index (χ1n) is 14.1. The molecule has 0 fully saturated rings. The van der Waals surface area contributed by atoms with Crippen molar-refractivity contribution in [2.45, 2.75) is 45.9 Å². The predicted octanol–water partition coefficient (Wildman–Crippen LogP) is 5.67. The number of hydrogen-bond donors (Lipinski definition) is 2. The average molecular weight is 625 g/mol. The second-order valence-electron chi connectivity index (χ2n) is 11.4. The molecule has 2 N–H and O–H groups in total. The number of hydrogen-bond acceptors (Lipinski definition) is 9. The molecule has 2 aromatic heterocycles. The fourth-order valence-electron chi connectivity index (χ4n) is 4.26. The number of esters is 1. The van der Waals surface area contributed by atoms with E-state index in [0.717, 1.165) is 17.0 Å². The van der Waals surface area contributed by atoms with Gasteiger partial charge in [-0.2, -0.15) is 9.97 Å². The fraction of sp³-hybridized carbons (Fsp3) is 0.367. The van der Waals surface area contributed by atoms with Crippen molar-refractivity contribution in [2.75, 3.05) is 41.5 Å². The number of para-hydroxylation sites is 1. The van der Waals surface area contributed by atoms with Gasteiger partial charge < -0.3 is 24.7 Å². The molecule has 4 rings (SSSR count). The molecular formula is C30H40N6O5SSi. The third-order valence-corrected chi connectivity index (χ3v) is 9.67. The van der Waals surface area contributed by atoms with E-state index in [9.17, 15) is 13.2 Å². The monoisotopic (exact) mass is 624 g/mol. The number of fused-ring (bicyclic) bond motifs is 1. The van der Waals surface area contributed by atoms with Crippen molar-refractivity contribution in [3.63, 3.8) is 0 Å². The van der Waals surface area contributed by atoms with Gasteiger partial charge in [0.15, 0.2) is 0 Å². The number of carbonyl (C=O) groups excluding carboxylic acids is 1. The summed E-state index contributed by atoms with van der Waals surface area (Å²) in [6.45, 7) is 10.4. The van der Waals surface area contributed by atoms with Crippen molar-refractivity contribution in [1.82, 2.24) is 14.5 Å². The van der Waals surface area contributed by atoms with Crippen molar-refractivity contribution in [1.29, 1.82) is 0 Å². The number of aromatic nitrogens is 3. The molecule has 0 saturated carbocycles. The number of rotatable bonds is 14. The number of anilines is 4. The van der Waals surface area contributed by atoms with E-state index in [1.165, 1.54) is 17.6 Å². The highest BCUT2D eigenvalue weighted by Crippen LogP contribution is 2.28. The summed E-state index contributed by atoms with van der Waals surface area (Å²) in [7, 11) is -3.13. The second-order valence-corrected chi connectivity index (χ2v) is 19.0. The molecule has 0 bridgehead atoms. The van der Waals surface area contributed by atoms with E-state index >= 15 is 0 Å². The van der Waals surface area contributed by atoms with Gasteiger partial charge in [-0.3, -0.25) is 4.31 Å². The highest BCUT2D eigenvalue weighted by atomic mass is 32.2. The Morgan fingerprint density at radius 1 is 1.05 bits per heavy atom. The molecule has 0 atom stereocenters. The minimum absolute atomic E-state index is 0.305. The molecule has 0 spiro atoms. The minimum atomic E-state index is -3.44. The first kappa shape index (κ1) is 32.0. The molecule has 11 nitrogen and oxygen atoms in total. The van der Waals surface area contributed by atoms with Crippen LogP contribution >= 0.6 is 0 Å². The molecular weight excluding hydrogens is 585 g/mol. The summed E-state index contributed by atoms with van der Waals surface area (Å²) in [5.41, 5.74) is 3.20. The topological polar surface area (TPSA) is 128 Å². The summed E-state index contributed by atoms with van der Waals surface area (Å²) in [6.07, 6.45) is 3.10. The average Bonchev–Trinajstić information content (AvgIpc) is 3.36. The Kier molecular flexibility index (Phi) is 10.1. The lowest BCUT2D eigenvalue weighted by atomic mass is 10.1. The largest absolute Gasteiger partial charge is 0.462 e. The zero-order valence-electron chi connectivity index (χ0n) is 25.5. The van der Waals surface area contributed by atoms with E-state index in [4.69, 9.17) is 19.4 Å². The van der Waals surface area contributed by atoms with Crippen LogP contribution in [-0.2, 0) is 32.8 Å². The Morgan fingerprint density at radius 2 is 1.77 bits per heavy atom. The number of nitrogens with one attached hydrogen (secondary N) is 2. The molecule has 0 aliphatic heterocycles. The van der Waals surface area contributed by atoms with E-state index in [2.05, 4.69) is 30.3 Å². The molecule has 230 valence electrons. The first-order valence-corrected chi connectivity index (χ1v) is 19.7. The maximum atomic E-state index is 12.2. The van der Waals surface area contributed by atoms with Crippen molar-refractivity contribution in [3.8, 4) is 0 Å². The van der Waals surface area contributed by atoms with Crippen LogP contribution in [0.25, 0.3) is 11.0 Å². The second kappa shape index (κ2) is 13.6. The van der Waals surface area contributed by atoms with Gasteiger partial charge in [0.05, 0.1) is 29.5 Å². The molecule has 0 amide bonds. The zero-order chi connectivity index (χ0) is 31.2. The molecule has 13 heteroatoms. The summed E-state index contributed by atoms with van der Waals surface area (Å²) in [4.78, 5) is 21.6. The third kappa shape index (κ3) is 8.55. The predicted molar refractivity (Wildman–Crippen MR) is 174 cm³/mol. The summed E-state index contributed by atoms with van der Waals surface area (Å²) in [5.74, 6) is 0.544. The number of ether oxygens (including phenoxy) is 2. The minimum Gasteiger partial charge on any atom is -0.462 e. The molecule has 2 aromatic carbocycles. The van der Waals surface area contributed by atoms with Crippen molar-refractivity contribution < 1.29 is 22.7 Å². The molecule has 43 heavy (non-hydrogen) atoms. The molecule has 0 radical (unpaired) electrons. The number of carbonyl (C=O) groups is 1. The van der Waals surface area contributed by atoms with Crippen LogP contribution in [0.1, 0.15) is 22.8 Å². The Labute approximate surface area is 254 Å². The van der Waals surface area contributed by atoms with Crippen molar-refractivity contribution >= 4 is 58.2 Å². The summed E-state index contributed by atoms with van der Waals surface area (Å²) < 4.78 is 38.8. The Morgan fingerprint density at radius 3 is 2.44 bits per heavy atom. The van der Waals surface area contributed by atoms with E-state index in [-0.39, 0.29) is 5.97 Å². The van der Waals surface area contributed by atoms with Gasteiger partial charge in [-0.15, -0.1) is 0 Å². The number of nitrogens with zero attached hydrogens (tertiary/aromatic N) is 4. The highest BCUT2D eigenvalue weighted by Gasteiger charge is 2.18. The van der Waals surface area contributed by atoms with Crippen molar-refractivity contribution in [2.24, 2.45) is 0 Å². The summed E-state index contributed by atoms with van der Waals surface area (Å²) >= 11 is 0. The van der Waals surface area contributed by atoms with Gasteiger partial charge in [-0.25, -0.2) is 13.2 Å². The van der Waals surface area contributed by atoms with Crippen molar-refractivity contribution in [3.05, 3.63) is 71.9 Å². The summed E-state index contributed by atoms with van der Waals surface area (Å²) in [6, 6.07) is 17.2. The van der Waals surface area contributed by atoms with E-state index in [1.54, 1.807) is 43.3 Å². The molecule has 0 aliphatic carbocycles. The van der Waals surface area contributed by atoms with Crippen LogP contribution in [0.3, 0.4) is 0 Å². The van der Waals surface area contributed by atoms with Crippen LogP contribution in [0, 0.1) is 0 Å². The first-order chi connectivity index (χ1) is 20.4. The molecule has 0 aliphatic rings. The Balaban J connectivity index is 1.63. The van der Waals surface area contributed by atoms with Crippen LogP contribution < -0.4 is 14.9 Å². The third-order valence-electron chi connectivity index (χ3n) is 6.77. The lowest BCUT2D eigenvalue weighted by molar-refractivity contribution is 0.0526. The number of benzene rings is 2. The molecule has 0 unspecified atom stereocenters. The Hall–Kier alpha value is -3.94. The van der Waals surface area contributed by atoms with Gasteiger partial charge in [0.2, 0.25) is 16.0 Å². The molecule has 4 aromatic rings. The van der Waals surface area contributed by atoms with E-state index in [1.807, 2.05) is 29.0 Å². The van der Waals surface area contributed by atoms with Gasteiger partial charge in [0, 0.05) is 40.2 Å². The van der Waals surface area contributed by atoms with Crippen LogP contribution in [0.5, 0.6) is 0 Å². The van der Waals surface area contributed by atoms with E-state index < -0.39 is 18.1 Å². The zero-order valence-corrected chi connectivity index (χ0v) is 27.4. The van der Waals surface area contributed by atoms with Gasteiger partial charge in [-0.05, 0) is 54.9 Å². The van der Waals surface area contributed by atoms with Crippen LogP contribution in [0.2, 0.25) is 25.7 Å². The highest BCUT2D eigenvalue weighted by molar-refractivity contribution is 7.92. The van der Waals surface area contributed by atoms with Gasteiger partial charge in [-0.1, -0.05) is 37.8 Å². The SMILES string of the molecule is CCOC(=O)c1ccc(Nc2nc(NCc3ccccc3N(C)S(C)(=O)=O)c3ccn(COCC[Si](C)(C)C)c3n2)cc1. The van der Waals surface area contributed by atoms with Gasteiger partial charge in [0.25, 0.3) is 0 Å². The maximum Gasteiger partial charge on any atom is 0.338 e. The van der Waals surface area contributed by atoms with Crippen LogP contribution in [0.15, 0.2) is 60.8 Å². The Bertz CT molecular complexity index is 1670. The van der Waals surface area contributed by atoms with Crippen LogP contribution in [-0.4, -0.2) is 63.5 Å². The summed E-state index contributed by atoms with van der Waals surface area (Å²) in [5, 5.41) is 7.43. The van der Waals surface area contributed by atoms with Crippen LogP contribution in [0.4, 0.5) is 23.1 Å². The maximum absolute atomic E-state index is 12.2. The lowest BCUT2D eigenvalue weighted by Gasteiger charge is -2.20. The van der Waals surface area contributed by atoms with Gasteiger partial charge >= 0.3 is 5.97 Å². The normalized spacial score (nSPS) is 11.9. The molecule has 2 heterocycles.